The molecular formula is C19H23N5O2S. The van der Waals surface area contributed by atoms with E-state index in [9.17, 15) is 4.79 Å². The summed E-state index contributed by atoms with van der Waals surface area (Å²) >= 11 is 1.30. The summed E-state index contributed by atoms with van der Waals surface area (Å²) in [5.74, 6) is 0.0277. The van der Waals surface area contributed by atoms with E-state index in [1.165, 1.54) is 17.4 Å². The first-order valence-electron chi connectivity index (χ1n) is 8.80. The predicted octanol–water partition coefficient (Wildman–Crippen LogP) is 2.17. The number of aryl methyl sites for hydroxylation is 2. The van der Waals surface area contributed by atoms with Crippen molar-refractivity contribution in [3.63, 3.8) is 0 Å². The standard InChI is InChI=1S/C19H23N5O2S/c1-14-11-15(2)22-19(21-14)27-13-18(25)23-20-12-16-3-5-17(6-4-16)24-7-9-26-10-8-24/h3-6,11-12H,7-10,13H2,1-2H3,(H,23,25)/b20-12-. The summed E-state index contributed by atoms with van der Waals surface area (Å²) in [5, 5.41) is 4.62. The molecule has 1 saturated heterocycles. The van der Waals surface area contributed by atoms with E-state index in [2.05, 4.69) is 37.5 Å². The lowest BCUT2D eigenvalue weighted by molar-refractivity contribution is -0.118. The van der Waals surface area contributed by atoms with E-state index in [0.29, 0.717) is 5.16 Å². The Morgan fingerprint density at radius 2 is 1.89 bits per heavy atom. The van der Waals surface area contributed by atoms with Crippen LogP contribution in [-0.4, -0.2) is 54.1 Å². The monoisotopic (exact) mass is 385 g/mol. The Labute approximate surface area is 163 Å². The highest BCUT2D eigenvalue weighted by molar-refractivity contribution is 7.99. The first kappa shape index (κ1) is 19.3. The van der Waals surface area contributed by atoms with Gasteiger partial charge < -0.3 is 9.64 Å². The van der Waals surface area contributed by atoms with Gasteiger partial charge >= 0.3 is 0 Å². The molecule has 1 N–H and O–H groups in total. The number of hydrogen-bond donors (Lipinski definition) is 1. The molecule has 7 nitrogen and oxygen atoms in total. The zero-order chi connectivity index (χ0) is 19.1. The second kappa shape index (κ2) is 9.48. The maximum absolute atomic E-state index is 11.9. The molecule has 0 aliphatic carbocycles. The van der Waals surface area contributed by atoms with Crippen LogP contribution < -0.4 is 10.3 Å². The predicted molar refractivity (Wildman–Crippen MR) is 107 cm³/mol. The lowest BCUT2D eigenvalue weighted by Crippen LogP contribution is -2.36. The van der Waals surface area contributed by atoms with Crippen molar-refractivity contribution in [3.8, 4) is 0 Å². The van der Waals surface area contributed by atoms with Crippen molar-refractivity contribution in [1.29, 1.82) is 0 Å². The van der Waals surface area contributed by atoms with Crippen LogP contribution in [0.5, 0.6) is 0 Å². The average Bonchev–Trinajstić information content (AvgIpc) is 2.67. The van der Waals surface area contributed by atoms with E-state index < -0.39 is 0 Å². The van der Waals surface area contributed by atoms with Crippen molar-refractivity contribution in [2.24, 2.45) is 5.10 Å². The molecule has 8 heteroatoms. The number of rotatable bonds is 6. The lowest BCUT2D eigenvalue weighted by Gasteiger charge is -2.28. The fraction of sp³-hybridized carbons (Fsp3) is 0.368. The van der Waals surface area contributed by atoms with E-state index >= 15 is 0 Å². The highest BCUT2D eigenvalue weighted by atomic mass is 32.2. The van der Waals surface area contributed by atoms with Gasteiger partial charge in [0.05, 0.1) is 25.2 Å². The number of carbonyl (C=O) groups is 1. The highest BCUT2D eigenvalue weighted by Crippen LogP contribution is 2.16. The minimum absolute atomic E-state index is 0.191. The van der Waals surface area contributed by atoms with E-state index in [-0.39, 0.29) is 11.7 Å². The number of aromatic nitrogens is 2. The number of morpholine rings is 1. The maximum atomic E-state index is 11.9. The molecule has 2 heterocycles. The fourth-order valence-electron chi connectivity index (χ4n) is 2.69. The molecule has 142 valence electrons. The Bertz CT molecular complexity index is 784. The average molecular weight is 385 g/mol. The van der Waals surface area contributed by atoms with Gasteiger partial charge in [0.15, 0.2) is 5.16 Å². The van der Waals surface area contributed by atoms with Gasteiger partial charge in [0.1, 0.15) is 0 Å². The van der Waals surface area contributed by atoms with Gasteiger partial charge in [-0.15, -0.1) is 0 Å². The number of carbonyl (C=O) groups excluding carboxylic acids is 1. The Morgan fingerprint density at radius 1 is 1.22 bits per heavy atom. The van der Waals surface area contributed by atoms with Crippen LogP contribution in [0, 0.1) is 13.8 Å². The van der Waals surface area contributed by atoms with Gasteiger partial charge in [0.25, 0.3) is 5.91 Å². The van der Waals surface area contributed by atoms with Crippen LogP contribution >= 0.6 is 11.8 Å². The zero-order valence-corrected chi connectivity index (χ0v) is 16.3. The Morgan fingerprint density at radius 3 is 2.56 bits per heavy atom. The molecule has 2 aromatic rings. The summed E-state index contributed by atoms with van der Waals surface area (Å²) in [4.78, 5) is 22.8. The molecule has 0 atom stereocenters. The zero-order valence-electron chi connectivity index (χ0n) is 15.5. The van der Waals surface area contributed by atoms with Crippen molar-refractivity contribution in [1.82, 2.24) is 15.4 Å². The third-order valence-electron chi connectivity index (χ3n) is 3.97. The molecule has 0 spiro atoms. The third-order valence-corrected chi connectivity index (χ3v) is 4.81. The summed E-state index contributed by atoms with van der Waals surface area (Å²) < 4.78 is 5.37. The molecule has 0 radical (unpaired) electrons. The van der Waals surface area contributed by atoms with E-state index in [0.717, 1.165) is 43.3 Å². The number of thioether (sulfide) groups is 1. The third kappa shape index (κ3) is 6.04. The van der Waals surface area contributed by atoms with Crippen LogP contribution in [0.2, 0.25) is 0 Å². The van der Waals surface area contributed by atoms with Crippen LogP contribution in [0.4, 0.5) is 5.69 Å². The number of hydrazone groups is 1. The second-order valence-electron chi connectivity index (χ2n) is 6.21. The number of hydrogen-bond acceptors (Lipinski definition) is 7. The molecule has 1 aliphatic heterocycles. The van der Waals surface area contributed by atoms with Crippen LogP contribution in [0.3, 0.4) is 0 Å². The molecule has 1 fully saturated rings. The Balaban J connectivity index is 1.46. The van der Waals surface area contributed by atoms with Gasteiger partial charge in [0, 0.05) is 30.2 Å². The summed E-state index contributed by atoms with van der Waals surface area (Å²) in [6.07, 6.45) is 1.64. The Kier molecular flexibility index (Phi) is 6.78. The van der Waals surface area contributed by atoms with E-state index in [4.69, 9.17) is 4.74 Å². The highest BCUT2D eigenvalue weighted by Gasteiger charge is 2.10. The first-order valence-corrected chi connectivity index (χ1v) is 9.78. The molecule has 3 rings (SSSR count). The molecule has 1 aromatic carbocycles. The van der Waals surface area contributed by atoms with Gasteiger partial charge in [0.2, 0.25) is 0 Å². The summed E-state index contributed by atoms with van der Waals surface area (Å²) in [5.41, 5.74) is 6.42. The minimum atomic E-state index is -0.191. The van der Waals surface area contributed by atoms with Crippen molar-refractivity contribution in [2.45, 2.75) is 19.0 Å². The van der Waals surface area contributed by atoms with Crippen LogP contribution in [0.1, 0.15) is 17.0 Å². The maximum Gasteiger partial charge on any atom is 0.250 e. The normalized spacial score (nSPS) is 14.5. The molecular weight excluding hydrogens is 362 g/mol. The summed E-state index contributed by atoms with van der Waals surface area (Å²) in [7, 11) is 0. The summed E-state index contributed by atoms with van der Waals surface area (Å²) in [6, 6.07) is 9.99. The van der Waals surface area contributed by atoms with Gasteiger partial charge in [-0.3, -0.25) is 4.79 Å². The number of amides is 1. The van der Waals surface area contributed by atoms with Crippen molar-refractivity contribution < 1.29 is 9.53 Å². The van der Waals surface area contributed by atoms with Gasteiger partial charge in [-0.25, -0.2) is 15.4 Å². The van der Waals surface area contributed by atoms with Crippen LogP contribution in [0.25, 0.3) is 0 Å². The number of anilines is 1. The molecule has 1 aromatic heterocycles. The number of nitrogens with one attached hydrogen (secondary N) is 1. The van der Waals surface area contributed by atoms with Crippen LogP contribution in [-0.2, 0) is 9.53 Å². The van der Waals surface area contributed by atoms with E-state index in [1.807, 2.05) is 32.0 Å². The lowest BCUT2D eigenvalue weighted by atomic mass is 10.2. The van der Waals surface area contributed by atoms with Gasteiger partial charge in [-0.2, -0.15) is 5.10 Å². The van der Waals surface area contributed by atoms with Gasteiger partial charge in [-0.05, 0) is 37.6 Å². The topological polar surface area (TPSA) is 79.7 Å². The minimum Gasteiger partial charge on any atom is -0.378 e. The fourth-order valence-corrected chi connectivity index (χ4v) is 3.43. The van der Waals surface area contributed by atoms with Gasteiger partial charge in [-0.1, -0.05) is 23.9 Å². The molecule has 27 heavy (non-hydrogen) atoms. The smallest absolute Gasteiger partial charge is 0.250 e. The molecule has 1 aliphatic rings. The molecule has 0 bridgehead atoms. The molecule has 0 saturated carbocycles. The second-order valence-corrected chi connectivity index (χ2v) is 7.15. The van der Waals surface area contributed by atoms with E-state index in [1.54, 1.807) is 6.21 Å². The Hall–Kier alpha value is -2.45. The van der Waals surface area contributed by atoms with Crippen molar-refractivity contribution in [3.05, 3.63) is 47.3 Å². The van der Waals surface area contributed by atoms with Crippen LogP contribution in [0.15, 0.2) is 40.6 Å². The molecule has 1 amide bonds. The quantitative estimate of drug-likeness (QED) is 0.355. The number of nitrogens with zero attached hydrogens (tertiary/aromatic N) is 4. The first-order chi connectivity index (χ1) is 13.1. The number of benzene rings is 1. The number of ether oxygens (including phenoxy) is 1. The van der Waals surface area contributed by atoms with Crippen molar-refractivity contribution >= 4 is 29.6 Å². The SMILES string of the molecule is Cc1cc(C)nc(SCC(=O)N/N=C\c2ccc(N3CCOCC3)cc2)n1. The largest absolute Gasteiger partial charge is 0.378 e. The summed E-state index contributed by atoms with van der Waals surface area (Å²) in [6.45, 7) is 7.17. The van der Waals surface area contributed by atoms with Crippen molar-refractivity contribution in [2.75, 3.05) is 37.0 Å². The molecule has 0 unspecified atom stereocenters.